The maximum Gasteiger partial charge on any atom is 0.243 e. The van der Waals surface area contributed by atoms with E-state index in [1.165, 1.54) is 6.20 Å². The Morgan fingerprint density at radius 1 is 1.33 bits per heavy atom. The van der Waals surface area contributed by atoms with Crippen molar-refractivity contribution in [1.29, 1.82) is 0 Å². The minimum Gasteiger partial charge on any atom is -0.437 e. The predicted octanol–water partition coefficient (Wildman–Crippen LogP) is 2.82. The van der Waals surface area contributed by atoms with Crippen LogP contribution in [0.4, 0.5) is 5.95 Å². The van der Waals surface area contributed by atoms with E-state index in [4.69, 9.17) is 22.2 Å². The van der Waals surface area contributed by atoms with Gasteiger partial charge in [0.15, 0.2) is 0 Å². The Morgan fingerprint density at radius 3 is 2.83 bits per heavy atom. The molecule has 0 aliphatic rings. The van der Waals surface area contributed by atoms with Crippen LogP contribution >= 0.6 is 11.6 Å². The normalized spacial score (nSPS) is 10.2. The molecule has 2 aromatic rings. The number of hydrazine groups is 1. The number of hydrogen-bond donors (Lipinski definition) is 2. The van der Waals surface area contributed by atoms with Crippen LogP contribution in [-0.2, 0) is 0 Å². The molecule has 6 heteroatoms. The highest BCUT2D eigenvalue weighted by molar-refractivity contribution is 6.31. The lowest BCUT2D eigenvalue weighted by atomic mass is 10.1. The zero-order chi connectivity index (χ0) is 13.1. The van der Waals surface area contributed by atoms with Gasteiger partial charge in [-0.25, -0.2) is 10.8 Å². The topological polar surface area (TPSA) is 73.1 Å². The lowest BCUT2D eigenvalue weighted by Gasteiger charge is -2.11. The Bertz CT molecular complexity index is 574. The molecule has 5 nitrogen and oxygen atoms in total. The van der Waals surface area contributed by atoms with Gasteiger partial charge in [-0.15, -0.1) is 0 Å². The van der Waals surface area contributed by atoms with E-state index in [2.05, 4.69) is 15.4 Å². The smallest absolute Gasteiger partial charge is 0.243 e. The predicted molar refractivity (Wildman–Crippen MR) is 70.8 cm³/mol. The van der Waals surface area contributed by atoms with Gasteiger partial charge in [0.05, 0.1) is 6.20 Å². The van der Waals surface area contributed by atoms with Crippen molar-refractivity contribution < 1.29 is 4.74 Å². The Kier molecular flexibility index (Phi) is 3.64. The number of hydrogen-bond acceptors (Lipinski definition) is 5. The average molecular weight is 265 g/mol. The first-order valence-corrected chi connectivity index (χ1v) is 5.73. The van der Waals surface area contributed by atoms with E-state index in [0.29, 0.717) is 10.8 Å². The second-order valence-corrected chi connectivity index (χ2v) is 4.20. The number of rotatable bonds is 3. The van der Waals surface area contributed by atoms with Gasteiger partial charge in [0, 0.05) is 0 Å². The third kappa shape index (κ3) is 2.52. The van der Waals surface area contributed by atoms with Crippen molar-refractivity contribution in [3.8, 4) is 11.6 Å². The molecule has 2 rings (SSSR count). The van der Waals surface area contributed by atoms with Crippen molar-refractivity contribution in [3.05, 3.63) is 40.5 Å². The summed E-state index contributed by atoms with van der Waals surface area (Å²) in [6.45, 7) is 3.98. The summed E-state index contributed by atoms with van der Waals surface area (Å²) in [7, 11) is 0. The molecule has 0 spiro atoms. The molecule has 0 aliphatic carbocycles. The van der Waals surface area contributed by atoms with E-state index >= 15 is 0 Å². The molecule has 1 aromatic heterocycles. The van der Waals surface area contributed by atoms with Crippen LogP contribution < -0.4 is 16.0 Å². The molecule has 0 amide bonds. The number of benzene rings is 1. The van der Waals surface area contributed by atoms with E-state index in [1.54, 1.807) is 0 Å². The number of nitrogen functional groups attached to an aromatic ring is 1. The first-order chi connectivity index (χ1) is 8.61. The average Bonchev–Trinajstić information content (AvgIpc) is 2.37. The van der Waals surface area contributed by atoms with Crippen molar-refractivity contribution in [2.75, 3.05) is 5.43 Å². The van der Waals surface area contributed by atoms with E-state index in [-0.39, 0.29) is 11.8 Å². The molecule has 94 valence electrons. The van der Waals surface area contributed by atoms with Crippen LogP contribution in [0.25, 0.3) is 0 Å². The van der Waals surface area contributed by atoms with E-state index < -0.39 is 0 Å². The van der Waals surface area contributed by atoms with Gasteiger partial charge in [-0.2, -0.15) is 4.98 Å². The molecule has 0 aliphatic heterocycles. The summed E-state index contributed by atoms with van der Waals surface area (Å²) in [6.07, 6.45) is 1.43. The van der Waals surface area contributed by atoms with Crippen LogP contribution in [0.1, 0.15) is 11.1 Å². The maximum atomic E-state index is 5.98. The summed E-state index contributed by atoms with van der Waals surface area (Å²) < 4.78 is 5.68. The van der Waals surface area contributed by atoms with Gasteiger partial charge in [0.25, 0.3) is 0 Å². The molecule has 3 N–H and O–H groups in total. The molecule has 1 aromatic carbocycles. The monoisotopic (exact) mass is 264 g/mol. The maximum absolute atomic E-state index is 5.98. The lowest BCUT2D eigenvalue weighted by molar-refractivity contribution is 0.458. The number of nitrogens with zero attached hydrogens (tertiary/aromatic N) is 2. The largest absolute Gasteiger partial charge is 0.437 e. The van der Waals surface area contributed by atoms with Crippen molar-refractivity contribution in [2.24, 2.45) is 5.84 Å². The molecule has 0 fully saturated rings. The molecule has 1 heterocycles. The number of ether oxygens (including phenoxy) is 1. The van der Waals surface area contributed by atoms with Crippen molar-refractivity contribution in [2.45, 2.75) is 13.8 Å². The molecule has 0 saturated carbocycles. The number of aryl methyl sites for hydroxylation is 1. The van der Waals surface area contributed by atoms with Crippen molar-refractivity contribution >= 4 is 17.5 Å². The number of nitrogens with two attached hydrogens (primary N) is 1. The summed E-state index contributed by atoms with van der Waals surface area (Å²) in [5.74, 6) is 6.47. The first-order valence-electron chi connectivity index (χ1n) is 5.35. The van der Waals surface area contributed by atoms with Crippen LogP contribution in [0.5, 0.6) is 11.6 Å². The van der Waals surface area contributed by atoms with Gasteiger partial charge in [-0.1, -0.05) is 23.7 Å². The first kappa shape index (κ1) is 12.6. The zero-order valence-electron chi connectivity index (χ0n) is 10.1. The molecule has 0 radical (unpaired) electrons. The highest BCUT2D eigenvalue weighted by Crippen LogP contribution is 2.30. The standard InChI is InChI=1S/C12H13ClN4O/c1-7-4-3-5-10(8(7)2)18-11-9(13)6-15-12(16-11)17-14/h3-6H,14H2,1-2H3,(H,15,16,17). The molecular formula is C12H13ClN4O. The van der Waals surface area contributed by atoms with Gasteiger partial charge in [0.2, 0.25) is 11.8 Å². The second-order valence-electron chi connectivity index (χ2n) is 3.79. The van der Waals surface area contributed by atoms with Crippen molar-refractivity contribution in [1.82, 2.24) is 9.97 Å². The van der Waals surface area contributed by atoms with Crippen molar-refractivity contribution in [3.63, 3.8) is 0 Å². The Morgan fingerprint density at radius 2 is 2.11 bits per heavy atom. The van der Waals surface area contributed by atoms with Crippen LogP contribution in [0.2, 0.25) is 5.02 Å². The third-order valence-corrected chi connectivity index (χ3v) is 2.86. The molecular weight excluding hydrogens is 252 g/mol. The summed E-state index contributed by atoms with van der Waals surface area (Å²) in [4.78, 5) is 7.94. The number of nitrogens with one attached hydrogen (secondary N) is 1. The summed E-state index contributed by atoms with van der Waals surface area (Å²) in [6, 6.07) is 5.78. The Hall–Kier alpha value is -1.85. The molecule has 0 bridgehead atoms. The van der Waals surface area contributed by atoms with Crippen LogP contribution in [-0.4, -0.2) is 9.97 Å². The van der Waals surface area contributed by atoms with Crippen LogP contribution in [0.15, 0.2) is 24.4 Å². The van der Waals surface area contributed by atoms with Gasteiger partial charge < -0.3 is 4.74 Å². The van der Waals surface area contributed by atoms with Gasteiger partial charge in [0.1, 0.15) is 10.8 Å². The molecule has 18 heavy (non-hydrogen) atoms. The molecule has 0 atom stereocenters. The quantitative estimate of drug-likeness (QED) is 0.659. The van der Waals surface area contributed by atoms with E-state index in [9.17, 15) is 0 Å². The summed E-state index contributed by atoms with van der Waals surface area (Å²) in [5.41, 5.74) is 4.52. The van der Waals surface area contributed by atoms with E-state index in [1.807, 2.05) is 32.0 Å². The second kappa shape index (κ2) is 5.20. The lowest BCUT2D eigenvalue weighted by Crippen LogP contribution is -2.10. The number of aromatic nitrogens is 2. The van der Waals surface area contributed by atoms with Gasteiger partial charge >= 0.3 is 0 Å². The van der Waals surface area contributed by atoms with Crippen LogP contribution in [0.3, 0.4) is 0 Å². The highest BCUT2D eigenvalue weighted by atomic mass is 35.5. The molecule has 0 unspecified atom stereocenters. The van der Waals surface area contributed by atoms with Gasteiger partial charge in [-0.3, -0.25) is 5.43 Å². The number of anilines is 1. The summed E-state index contributed by atoms with van der Waals surface area (Å²) in [5, 5.41) is 0.329. The fourth-order valence-corrected chi connectivity index (χ4v) is 1.56. The Balaban J connectivity index is 2.36. The number of halogens is 1. The third-order valence-electron chi connectivity index (χ3n) is 2.60. The highest BCUT2D eigenvalue weighted by Gasteiger charge is 2.09. The Labute approximate surface area is 110 Å². The summed E-state index contributed by atoms with van der Waals surface area (Å²) >= 11 is 5.98. The molecule has 0 saturated heterocycles. The van der Waals surface area contributed by atoms with Crippen LogP contribution in [0, 0.1) is 13.8 Å². The minimum atomic E-state index is 0.250. The van der Waals surface area contributed by atoms with E-state index in [0.717, 1.165) is 11.1 Å². The fourth-order valence-electron chi connectivity index (χ4n) is 1.43. The van der Waals surface area contributed by atoms with Gasteiger partial charge in [-0.05, 0) is 31.0 Å². The SMILES string of the molecule is Cc1cccc(Oc2nc(NN)ncc2Cl)c1C. The zero-order valence-corrected chi connectivity index (χ0v) is 10.8. The minimum absolute atomic E-state index is 0.250. The fraction of sp³-hybridized carbons (Fsp3) is 0.167.